The van der Waals surface area contributed by atoms with Crippen LogP contribution in [0.5, 0.6) is 0 Å². The third-order valence-electron chi connectivity index (χ3n) is 3.60. The van der Waals surface area contributed by atoms with Crippen LogP contribution in [0.4, 0.5) is 0 Å². The molecule has 0 spiro atoms. The second-order valence-corrected chi connectivity index (χ2v) is 5.65. The minimum Gasteiger partial charge on any atom is -0.248 e. The van der Waals surface area contributed by atoms with Gasteiger partial charge >= 0.3 is 0 Å². The Kier molecular flexibility index (Phi) is 3.57. The number of hydrogen-bond acceptors (Lipinski definition) is 1. The normalized spacial score (nSPS) is 10.6. The van der Waals surface area contributed by atoms with Crippen LogP contribution in [-0.2, 0) is 0 Å². The van der Waals surface area contributed by atoms with E-state index in [0.29, 0.717) is 0 Å². The molecule has 0 saturated carbocycles. The van der Waals surface area contributed by atoms with Gasteiger partial charge in [0.05, 0.1) is 11.4 Å². The Morgan fingerprint density at radius 3 is 1.48 bits per heavy atom. The Morgan fingerprint density at radius 2 is 1.05 bits per heavy atom. The minimum atomic E-state index is 1.04. The van der Waals surface area contributed by atoms with Crippen LogP contribution in [0.15, 0.2) is 60.7 Å². The van der Waals surface area contributed by atoms with Crippen molar-refractivity contribution in [1.82, 2.24) is 4.98 Å². The lowest BCUT2D eigenvalue weighted by Crippen LogP contribution is -1.91. The summed E-state index contributed by atoms with van der Waals surface area (Å²) in [6, 6.07) is 21.3. The summed E-state index contributed by atoms with van der Waals surface area (Å²) >= 11 is 0. The zero-order valence-electron chi connectivity index (χ0n) is 12.7. The quantitative estimate of drug-likeness (QED) is 0.614. The maximum absolute atomic E-state index is 4.86. The van der Waals surface area contributed by atoms with Gasteiger partial charge in [-0.05, 0) is 50.6 Å². The standard InChI is InChI=1S/C20H19N/c1-14-6-4-8-17(10-14)19-12-16(3)13-20(21-19)18-9-5-7-15(2)11-18/h4-13H,1-3H3. The Bertz CT molecular complexity index is 724. The van der Waals surface area contributed by atoms with E-state index in [9.17, 15) is 0 Å². The fraction of sp³-hybridized carbons (Fsp3) is 0.150. The number of pyridine rings is 1. The highest BCUT2D eigenvalue weighted by Gasteiger charge is 2.06. The Balaban J connectivity index is 2.12. The number of hydrogen-bond donors (Lipinski definition) is 0. The van der Waals surface area contributed by atoms with Gasteiger partial charge in [-0.1, -0.05) is 47.5 Å². The van der Waals surface area contributed by atoms with E-state index in [4.69, 9.17) is 4.98 Å². The first-order chi connectivity index (χ1) is 10.1. The van der Waals surface area contributed by atoms with E-state index in [-0.39, 0.29) is 0 Å². The molecule has 0 unspecified atom stereocenters. The molecule has 1 nitrogen and oxygen atoms in total. The predicted molar refractivity (Wildman–Crippen MR) is 89.3 cm³/mol. The molecule has 0 atom stereocenters. The Labute approximate surface area is 126 Å². The SMILES string of the molecule is Cc1cccc(-c2cc(C)cc(-c3cccc(C)c3)n2)c1. The van der Waals surface area contributed by atoms with Crippen LogP contribution in [0.1, 0.15) is 16.7 Å². The average molecular weight is 273 g/mol. The molecule has 2 aromatic carbocycles. The molecular formula is C20H19N. The summed E-state index contributed by atoms with van der Waals surface area (Å²) < 4.78 is 0. The topological polar surface area (TPSA) is 12.9 Å². The number of benzene rings is 2. The summed E-state index contributed by atoms with van der Waals surface area (Å²) in [5.74, 6) is 0. The molecule has 104 valence electrons. The maximum atomic E-state index is 4.86. The van der Waals surface area contributed by atoms with Gasteiger partial charge in [0.15, 0.2) is 0 Å². The number of aryl methyl sites for hydroxylation is 3. The highest BCUT2D eigenvalue weighted by molar-refractivity contribution is 5.68. The molecule has 0 aliphatic carbocycles. The molecule has 0 bridgehead atoms. The molecule has 1 heteroatoms. The minimum absolute atomic E-state index is 1.04. The summed E-state index contributed by atoms with van der Waals surface area (Å²) in [6.07, 6.45) is 0. The molecule has 0 aliphatic rings. The lowest BCUT2D eigenvalue weighted by atomic mass is 10.0. The second kappa shape index (κ2) is 5.53. The molecule has 3 rings (SSSR count). The van der Waals surface area contributed by atoms with Crippen LogP contribution in [0.3, 0.4) is 0 Å². The third kappa shape index (κ3) is 3.03. The van der Waals surface area contributed by atoms with Crippen molar-refractivity contribution in [3.05, 3.63) is 77.4 Å². The molecular weight excluding hydrogens is 254 g/mol. The predicted octanol–water partition coefficient (Wildman–Crippen LogP) is 5.34. The van der Waals surface area contributed by atoms with Gasteiger partial charge in [0.25, 0.3) is 0 Å². The van der Waals surface area contributed by atoms with Crippen molar-refractivity contribution in [3.8, 4) is 22.5 Å². The maximum Gasteiger partial charge on any atom is 0.0712 e. The highest BCUT2D eigenvalue weighted by atomic mass is 14.7. The first-order valence-corrected chi connectivity index (χ1v) is 7.24. The molecule has 0 N–H and O–H groups in total. The van der Waals surface area contributed by atoms with E-state index in [0.717, 1.165) is 11.4 Å². The smallest absolute Gasteiger partial charge is 0.0712 e. The molecule has 0 radical (unpaired) electrons. The fourth-order valence-corrected chi connectivity index (χ4v) is 2.57. The Hall–Kier alpha value is -2.41. The van der Waals surface area contributed by atoms with Gasteiger partial charge in [0.2, 0.25) is 0 Å². The first-order valence-electron chi connectivity index (χ1n) is 7.24. The molecule has 1 aromatic heterocycles. The van der Waals surface area contributed by atoms with Crippen molar-refractivity contribution in [2.24, 2.45) is 0 Å². The van der Waals surface area contributed by atoms with Crippen LogP contribution in [0.25, 0.3) is 22.5 Å². The van der Waals surface area contributed by atoms with Gasteiger partial charge in [-0.2, -0.15) is 0 Å². The van der Waals surface area contributed by atoms with Crippen molar-refractivity contribution >= 4 is 0 Å². The van der Waals surface area contributed by atoms with Crippen LogP contribution >= 0.6 is 0 Å². The largest absolute Gasteiger partial charge is 0.248 e. The van der Waals surface area contributed by atoms with E-state index in [2.05, 4.69) is 81.4 Å². The second-order valence-electron chi connectivity index (χ2n) is 5.65. The van der Waals surface area contributed by atoms with Gasteiger partial charge in [-0.3, -0.25) is 0 Å². The van der Waals surface area contributed by atoms with Crippen LogP contribution < -0.4 is 0 Å². The van der Waals surface area contributed by atoms with E-state index < -0.39 is 0 Å². The van der Waals surface area contributed by atoms with Gasteiger partial charge < -0.3 is 0 Å². The monoisotopic (exact) mass is 273 g/mol. The van der Waals surface area contributed by atoms with Crippen molar-refractivity contribution < 1.29 is 0 Å². The summed E-state index contributed by atoms with van der Waals surface area (Å²) in [5, 5.41) is 0. The first kappa shape index (κ1) is 13.6. The van der Waals surface area contributed by atoms with Gasteiger partial charge in [-0.15, -0.1) is 0 Å². The van der Waals surface area contributed by atoms with Gasteiger partial charge in [0.1, 0.15) is 0 Å². The lowest BCUT2D eigenvalue weighted by Gasteiger charge is -2.08. The number of rotatable bonds is 2. The summed E-state index contributed by atoms with van der Waals surface area (Å²) in [4.78, 5) is 4.86. The Morgan fingerprint density at radius 1 is 0.571 bits per heavy atom. The van der Waals surface area contributed by atoms with Crippen LogP contribution in [0.2, 0.25) is 0 Å². The summed E-state index contributed by atoms with van der Waals surface area (Å²) in [5.41, 5.74) is 8.17. The fourth-order valence-electron chi connectivity index (χ4n) is 2.57. The zero-order chi connectivity index (χ0) is 14.8. The zero-order valence-corrected chi connectivity index (χ0v) is 12.7. The molecule has 1 heterocycles. The van der Waals surface area contributed by atoms with Crippen molar-refractivity contribution in [2.45, 2.75) is 20.8 Å². The molecule has 0 fully saturated rings. The van der Waals surface area contributed by atoms with Crippen LogP contribution in [-0.4, -0.2) is 4.98 Å². The average Bonchev–Trinajstić information content (AvgIpc) is 2.46. The number of nitrogens with zero attached hydrogens (tertiary/aromatic N) is 1. The van der Waals surface area contributed by atoms with Gasteiger partial charge in [-0.25, -0.2) is 4.98 Å². The lowest BCUT2D eigenvalue weighted by molar-refractivity contribution is 1.28. The molecule has 0 saturated heterocycles. The van der Waals surface area contributed by atoms with Crippen molar-refractivity contribution in [2.75, 3.05) is 0 Å². The summed E-state index contributed by atoms with van der Waals surface area (Å²) in [7, 11) is 0. The number of aromatic nitrogens is 1. The molecule has 0 aliphatic heterocycles. The molecule has 21 heavy (non-hydrogen) atoms. The summed E-state index contributed by atoms with van der Waals surface area (Å²) in [6.45, 7) is 6.35. The molecule has 0 amide bonds. The van der Waals surface area contributed by atoms with Crippen LogP contribution in [0, 0.1) is 20.8 Å². The van der Waals surface area contributed by atoms with E-state index in [1.165, 1.54) is 27.8 Å². The highest BCUT2D eigenvalue weighted by Crippen LogP contribution is 2.25. The van der Waals surface area contributed by atoms with Gasteiger partial charge in [0, 0.05) is 11.1 Å². The van der Waals surface area contributed by atoms with Crippen molar-refractivity contribution in [1.29, 1.82) is 0 Å². The van der Waals surface area contributed by atoms with E-state index >= 15 is 0 Å². The molecule has 3 aromatic rings. The third-order valence-corrected chi connectivity index (χ3v) is 3.60. The van der Waals surface area contributed by atoms with E-state index in [1.807, 2.05) is 0 Å². The van der Waals surface area contributed by atoms with Crippen molar-refractivity contribution in [3.63, 3.8) is 0 Å². The van der Waals surface area contributed by atoms with E-state index in [1.54, 1.807) is 0 Å².